The molecule has 6 heteroatoms. The van der Waals surface area contributed by atoms with Gasteiger partial charge >= 0.3 is 0 Å². The van der Waals surface area contributed by atoms with Gasteiger partial charge in [0.15, 0.2) is 11.5 Å². The number of ether oxygens (including phenoxy) is 2. The third-order valence-electron chi connectivity index (χ3n) is 3.88. The minimum Gasteiger partial charge on any atom is -0.493 e. The first-order chi connectivity index (χ1) is 12.0. The smallest absolute Gasteiger partial charge is 0.166 e. The maximum Gasteiger partial charge on any atom is 0.166 e. The largest absolute Gasteiger partial charge is 0.493 e. The van der Waals surface area contributed by atoms with Gasteiger partial charge in [-0.25, -0.2) is 0 Å². The highest BCUT2D eigenvalue weighted by molar-refractivity contribution is 6.35. The summed E-state index contributed by atoms with van der Waals surface area (Å²) in [6.07, 6.45) is 1.14. The Balaban J connectivity index is 0.00000338. The van der Waals surface area contributed by atoms with Crippen molar-refractivity contribution in [3.8, 4) is 11.5 Å². The fourth-order valence-corrected chi connectivity index (χ4v) is 2.89. The molecule has 0 bridgehead atoms. The molecule has 0 fully saturated rings. The molecule has 0 aliphatic heterocycles. The van der Waals surface area contributed by atoms with Gasteiger partial charge in [-0.3, -0.25) is 0 Å². The van der Waals surface area contributed by atoms with E-state index in [4.69, 9.17) is 32.7 Å². The van der Waals surface area contributed by atoms with Crippen molar-refractivity contribution in [2.45, 2.75) is 33.4 Å². The highest BCUT2D eigenvalue weighted by atomic mass is 35.5. The molecule has 26 heavy (non-hydrogen) atoms. The van der Waals surface area contributed by atoms with Gasteiger partial charge in [-0.15, -0.1) is 12.4 Å². The number of halogens is 3. The Morgan fingerprint density at radius 2 is 1.85 bits per heavy atom. The standard InChI is InChI=1S/C20H25Cl2NO2.ClH/c1-14(2)9-10-23-12-15-5-4-6-19(24-3)20(15)25-13-16-7-8-17(21)11-18(16)22;/h4-8,11,14,23H,9-10,12-13H2,1-3H3;1H. The quantitative estimate of drug-likeness (QED) is 0.496. The van der Waals surface area contributed by atoms with Crippen LogP contribution in [0.15, 0.2) is 36.4 Å². The molecular formula is C20H26Cl3NO2. The number of rotatable bonds is 9. The molecule has 0 heterocycles. The molecule has 1 N–H and O–H groups in total. The highest BCUT2D eigenvalue weighted by Crippen LogP contribution is 2.32. The van der Waals surface area contributed by atoms with Gasteiger partial charge in [-0.05, 0) is 37.1 Å². The van der Waals surface area contributed by atoms with Crippen LogP contribution in [0.25, 0.3) is 0 Å². The molecule has 0 atom stereocenters. The van der Waals surface area contributed by atoms with Crippen molar-refractivity contribution in [1.29, 1.82) is 0 Å². The van der Waals surface area contributed by atoms with Crippen LogP contribution in [0.4, 0.5) is 0 Å². The molecule has 0 aromatic heterocycles. The van der Waals surface area contributed by atoms with E-state index in [2.05, 4.69) is 19.2 Å². The lowest BCUT2D eigenvalue weighted by Gasteiger charge is -2.16. The average molecular weight is 419 g/mol. The Labute approximate surface area is 172 Å². The summed E-state index contributed by atoms with van der Waals surface area (Å²) in [5, 5.41) is 4.67. The molecule has 2 rings (SSSR count). The van der Waals surface area contributed by atoms with Gasteiger partial charge in [-0.1, -0.05) is 55.2 Å². The van der Waals surface area contributed by atoms with Crippen LogP contribution >= 0.6 is 35.6 Å². The molecule has 0 saturated heterocycles. The lowest BCUT2D eigenvalue weighted by Crippen LogP contribution is -2.17. The van der Waals surface area contributed by atoms with Gasteiger partial charge in [0.25, 0.3) is 0 Å². The van der Waals surface area contributed by atoms with Crippen molar-refractivity contribution in [3.63, 3.8) is 0 Å². The summed E-state index contributed by atoms with van der Waals surface area (Å²) in [6, 6.07) is 11.3. The van der Waals surface area contributed by atoms with Gasteiger partial charge in [0, 0.05) is 27.7 Å². The third-order valence-corrected chi connectivity index (χ3v) is 4.47. The molecule has 0 amide bonds. The summed E-state index contributed by atoms with van der Waals surface area (Å²) in [5.41, 5.74) is 1.95. The van der Waals surface area contributed by atoms with Crippen LogP contribution in [0.3, 0.4) is 0 Å². The Hall–Kier alpha value is -1.13. The second kappa shape index (κ2) is 11.6. The monoisotopic (exact) mass is 417 g/mol. The molecule has 0 aliphatic rings. The number of hydrogen-bond donors (Lipinski definition) is 1. The van der Waals surface area contributed by atoms with Crippen LogP contribution in [-0.2, 0) is 13.2 Å². The van der Waals surface area contributed by atoms with Crippen LogP contribution in [0.5, 0.6) is 11.5 Å². The normalized spacial score (nSPS) is 10.5. The molecule has 144 valence electrons. The van der Waals surface area contributed by atoms with Gasteiger partial charge in [-0.2, -0.15) is 0 Å². The van der Waals surface area contributed by atoms with Crippen molar-refractivity contribution >= 4 is 35.6 Å². The molecule has 2 aromatic rings. The number of benzene rings is 2. The average Bonchev–Trinajstić information content (AvgIpc) is 2.58. The Bertz CT molecular complexity index is 693. The van der Waals surface area contributed by atoms with Crippen molar-refractivity contribution in [1.82, 2.24) is 5.32 Å². The zero-order chi connectivity index (χ0) is 18.2. The van der Waals surface area contributed by atoms with E-state index in [0.29, 0.717) is 28.3 Å². The van der Waals surface area contributed by atoms with Gasteiger partial charge in [0.05, 0.1) is 7.11 Å². The second-order valence-electron chi connectivity index (χ2n) is 6.33. The van der Waals surface area contributed by atoms with E-state index in [1.54, 1.807) is 13.2 Å². The van der Waals surface area contributed by atoms with Gasteiger partial charge < -0.3 is 14.8 Å². The van der Waals surface area contributed by atoms with E-state index in [-0.39, 0.29) is 12.4 Å². The predicted octanol–water partition coefficient (Wildman–Crippen LogP) is 6.14. The molecule has 0 aliphatic carbocycles. The first-order valence-electron chi connectivity index (χ1n) is 8.44. The van der Waals surface area contributed by atoms with Crippen LogP contribution in [-0.4, -0.2) is 13.7 Å². The van der Waals surface area contributed by atoms with E-state index < -0.39 is 0 Å². The maximum absolute atomic E-state index is 6.23. The SMILES string of the molecule is COc1cccc(CNCCC(C)C)c1OCc1ccc(Cl)cc1Cl.Cl. The Morgan fingerprint density at radius 3 is 2.50 bits per heavy atom. The van der Waals surface area contributed by atoms with E-state index in [0.717, 1.165) is 36.4 Å². The summed E-state index contributed by atoms with van der Waals surface area (Å²) < 4.78 is 11.5. The third kappa shape index (κ3) is 6.88. The second-order valence-corrected chi connectivity index (χ2v) is 7.18. The molecule has 2 aromatic carbocycles. The summed E-state index contributed by atoms with van der Waals surface area (Å²) in [5.74, 6) is 2.14. The molecule has 0 unspecified atom stereocenters. The van der Waals surface area contributed by atoms with Gasteiger partial charge in [0.1, 0.15) is 6.61 Å². The van der Waals surface area contributed by atoms with E-state index in [1.807, 2.05) is 30.3 Å². The summed E-state index contributed by atoms with van der Waals surface area (Å²) >= 11 is 12.2. The van der Waals surface area contributed by atoms with Gasteiger partial charge in [0.2, 0.25) is 0 Å². The van der Waals surface area contributed by atoms with Crippen molar-refractivity contribution in [3.05, 3.63) is 57.6 Å². The zero-order valence-electron chi connectivity index (χ0n) is 15.4. The van der Waals surface area contributed by atoms with Crippen LogP contribution in [0.2, 0.25) is 10.0 Å². The summed E-state index contributed by atoms with van der Waals surface area (Å²) in [4.78, 5) is 0. The fraction of sp³-hybridized carbons (Fsp3) is 0.400. The van der Waals surface area contributed by atoms with E-state index in [9.17, 15) is 0 Å². The van der Waals surface area contributed by atoms with Crippen molar-refractivity contribution < 1.29 is 9.47 Å². The Kier molecular flexibility index (Phi) is 10.2. The lowest BCUT2D eigenvalue weighted by atomic mass is 10.1. The number of methoxy groups -OCH3 is 1. The zero-order valence-corrected chi connectivity index (χ0v) is 17.7. The number of nitrogens with one attached hydrogen (secondary N) is 1. The van der Waals surface area contributed by atoms with Crippen LogP contribution in [0.1, 0.15) is 31.4 Å². The van der Waals surface area contributed by atoms with E-state index in [1.165, 1.54) is 0 Å². The predicted molar refractivity (Wildman–Crippen MR) is 112 cm³/mol. The minimum atomic E-state index is 0. The molecule has 0 spiro atoms. The molecule has 0 radical (unpaired) electrons. The van der Waals surface area contributed by atoms with Crippen molar-refractivity contribution in [2.75, 3.05) is 13.7 Å². The highest BCUT2D eigenvalue weighted by Gasteiger charge is 2.12. The topological polar surface area (TPSA) is 30.5 Å². The van der Waals surface area contributed by atoms with Crippen LogP contribution in [0, 0.1) is 5.92 Å². The number of para-hydroxylation sites is 1. The summed E-state index contributed by atoms with van der Waals surface area (Å²) in [7, 11) is 1.65. The first kappa shape index (κ1) is 22.9. The lowest BCUT2D eigenvalue weighted by molar-refractivity contribution is 0.280. The molecule has 3 nitrogen and oxygen atoms in total. The Morgan fingerprint density at radius 1 is 1.08 bits per heavy atom. The maximum atomic E-state index is 6.23. The summed E-state index contributed by atoms with van der Waals surface area (Å²) in [6.45, 7) is 6.50. The molecule has 0 saturated carbocycles. The van der Waals surface area contributed by atoms with Crippen molar-refractivity contribution in [2.24, 2.45) is 5.92 Å². The first-order valence-corrected chi connectivity index (χ1v) is 9.20. The molecular weight excluding hydrogens is 393 g/mol. The fourth-order valence-electron chi connectivity index (χ4n) is 2.43. The van der Waals surface area contributed by atoms with E-state index >= 15 is 0 Å². The minimum absolute atomic E-state index is 0. The number of hydrogen-bond acceptors (Lipinski definition) is 3. The van der Waals surface area contributed by atoms with Crippen LogP contribution < -0.4 is 14.8 Å².